The second-order valence-corrected chi connectivity index (χ2v) is 7.50. The first kappa shape index (κ1) is 15.6. The summed E-state index contributed by atoms with van der Waals surface area (Å²) < 4.78 is 28.3. The lowest BCUT2D eigenvalue weighted by molar-refractivity contribution is 0.579. The van der Waals surface area contributed by atoms with Gasteiger partial charge in [-0.05, 0) is 47.1 Å². The number of aryl methyl sites for hydroxylation is 1. The Morgan fingerprint density at radius 2 is 2.00 bits per heavy atom. The van der Waals surface area contributed by atoms with Gasteiger partial charge in [0.05, 0.1) is 17.1 Å². The molecule has 1 heterocycles. The number of benzene rings is 1. The van der Waals surface area contributed by atoms with Crippen molar-refractivity contribution < 1.29 is 8.42 Å². The molecule has 0 atom stereocenters. The Kier molecular flexibility index (Phi) is 4.90. The summed E-state index contributed by atoms with van der Waals surface area (Å²) in [6, 6.07) is 6.56. The van der Waals surface area contributed by atoms with E-state index in [9.17, 15) is 8.42 Å². The van der Waals surface area contributed by atoms with Crippen molar-refractivity contribution in [3.8, 4) is 0 Å². The number of hydrogen-bond acceptors (Lipinski definition) is 4. The van der Waals surface area contributed by atoms with E-state index in [0.717, 1.165) is 4.47 Å². The van der Waals surface area contributed by atoms with E-state index < -0.39 is 10.0 Å². The molecule has 106 valence electrons. The summed E-state index contributed by atoms with van der Waals surface area (Å²) in [4.78, 5) is 8.30. The van der Waals surface area contributed by atoms with Gasteiger partial charge in [-0.15, -0.1) is 0 Å². The third kappa shape index (κ3) is 3.85. The molecular formula is C12H11Br2N3O2S. The van der Waals surface area contributed by atoms with Gasteiger partial charge in [-0.1, -0.05) is 15.9 Å². The minimum atomic E-state index is -3.60. The second kappa shape index (κ2) is 6.30. The van der Waals surface area contributed by atoms with E-state index in [4.69, 9.17) is 0 Å². The van der Waals surface area contributed by atoms with Crippen LogP contribution < -0.4 is 4.72 Å². The summed E-state index contributed by atoms with van der Waals surface area (Å²) in [6.45, 7) is 1.87. The van der Waals surface area contributed by atoms with Gasteiger partial charge in [-0.3, -0.25) is 0 Å². The predicted octanol–water partition coefficient (Wildman–Crippen LogP) is 2.79. The SMILES string of the molecule is Cc1nccc(CNS(=O)(=O)c2ccc(Br)cc2Br)n1. The molecule has 0 unspecified atom stereocenters. The molecule has 20 heavy (non-hydrogen) atoms. The number of halogens is 2. The van der Waals surface area contributed by atoms with Gasteiger partial charge in [-0.2, -0.15) is 0 Å². The van der Waals surface area contributed by atoms with Crippen molar-refractivity contribution in [3.05, 3.63) is 50.9 Å². The average molecular weight is 421 g/mol. The maximum atomic E-state index is 12.2. The first-order chi connectivity index (χ1) is 9.38. The van der Waals surface area contributed by atoms with Gasteiger partial charge in [-0.25, -0.2) is 23.1 Å². The van der Waals surface area contributed by atoms with E-state index in [1.54, 1.807) is 31.3 Å². The van der Waals surface area contributed by atoms with Gasteiger partial charge in [0, 0.05) is 15.1 Å². The average Bonchev–Trinajstić information content (AvgIpc) is 2.36. The van der Waals surface area contributed by atoms with Crippen molar-refractivity contribution in [1.29, 1.82) is 0 Å². The molecule has 0 aliphatic carbocycles. The lowest BCUT2D eigenvalue weighted by Gasteiger charge is -2.08. The molecule has 0 saturated heterocycles. The van der Waals surface area contributed by atoms with Gasteiger partial charge >= 0.3 is 0 Å². The summed E-state index contributed by atoms with van der Waals surface area (Å²) in [7, 11) is -3.60. The standard InChI is InChI=1S/C12H11Br2N3O2S/c1-8-15-5-4-10(17-8)7-16-20(18,19)12-3-2-9(13)6-11(12)14/h2-6,16H,7H2,1H3. The fourth-order valence-electron chi connectivity index (χ4n) is 1.54. The maximum absolute atomic E-state index is 12.2. The van der Waals surface area contributed by atoms with Crippen molar-refractivity contribution in [1.82, 2.24) is 14.7 Å². The van der Waals surface area contributed by atoms with Crippen LogP contribution in [0.25, 0.3) is 0 Å². The maximum Gasteiger partial charge on any atom is 0.242 e. The molecule has 1 N–H and O–H groups in total. The van der Waals surface area contributed by atoms with E-state index in [0.29, 0.717) is 16.0 Å². The van der Waals surface area contributed by atoms with Crippen molar-refractivity contribution in [2.45, 2.75) is 18.4 Å². The molecule has 0 radical (unpaired) electrons. The van der Waals surface area contributed by atoms with Crippen LogP contribution >= 0.6 is 31.9 Å². The number of rotatable bonds is 4. The molecule has 0 aliphatic rings. The second-order valence-electron chi connectivity index (χ2n) is 3.99. The summed E-state index contributed by atoms with van der Waals surface area (Å²) >= 11 is 6.53. The number of nitrogens with one attached hydrogen (secondary N) is 1. The predicted molar refractivity (Wildman–Crippen MR) is 82.6 cm³/mol. The summed E-state index contributed by atoms with van der Waals surface area (Å²) in [5.41, 5.74) is 0.620. The molecule has 0 amide bonds. The monoisotopic (exact) mass is 419 g/mol. The Morgan fingerprint density at radius 1 is 1.25 bits per heavy atom. The zero-order chi connectivity index (χ0) is 14.8. The number of nitrogens with zero attached hydrogens (tertiary/aromatic N) is 2. The Labute approximate surface area is 134 Å². The minimum Gasteiger partial charge on any atom is -0.242 e. The van der Waals surface area contributed by atoms with Crippen molar-refractivity contribution in [3.63, 3.8) is 0 Å². The molecule has 0 fully saturated rings. The van der Waals surface area contributed by atoms with Crippen LogP contribution in [0.2, 0.25) is 0 Å². The lowest BCUT2D eigenvalue weighted by Crippen LogP contribution is -2.24. The molecule has 8 heteroatoms. The van der Waals surface area contributed by atoms with Gasteiger partial charge < -0.3 is 0 Å². The molecule has 0 spiro atoms. The third-order valence-electron chi connectivity index (χ3n) is 2.46. The number of sulfonamides is 1. The van der Waals surface area contributed by atoms with E-state index in [1.807, 2.05) is 0 Å². The normalized spacial score (nSPS) is 11.6. The van der Waals surface area contributed by atoms with E-state index >= 15 is 0 Å². The largest absolute Gasteiger partial charge is 0.242 e. The van der Waals surface area contributed by atoms with E-state index in [-0.39, 0.29) is 11.4 Å². The molecular weight excluding hydrogens is 410 g/mol. The fourth-order valence-corrected chi connectivity index (χ4v) is 4.29. The van der Waals surface area contributed by atoms with Crippen LogP contribution in [0, 0.1) is 6.92 Å². The van der Waals surface area contributed by atoms with Crippen LogP contribution in [-0.2, 0) is 16.6 Å². The van der Waals surface area contributed by atoms with E-state index in [1.165, 1.54) is 6.07 Å². The van der Waals surface area contributed by atoms with Crippen LogP contribution in [0.1, 0.15) is 11.5 Å². The van der Waals surface area contributed by atoms with Gasteiger partial charge in [0.2, 0.25) is 10.0 Å². The first-order valence-electron chi connectivity index (χ1n) is 5.62. The van der Waals surface area contributed by atoms with Gasteiger partial charge in [0.1, 0.15) is 5.82 Å². The molecule has 5 nitrogen and oxygen atoms in total. The smallest absolute Gasteiger partial charge is 0.242 e. The number of hydrogen-bond donors (Lipinski definition) is 1. The highest BCUT2D eigenvalue weighted by atomic mass is 79.9. The Balaban J connectivity index is 2.19. The Hall–Kier alpha value is -0.830. The molecule has 2 rings (SSSR count). The minimum absolute atomic E-state index is 0.119. The molecule has 2 aromatic rings. The van der Waals surface area contributed by atoms with Gasteiger partial charge in [0.15, 0.2) is 0 Å². The van der Waals surface area contributed by atoms with Gasteiger partial charge in [0.25, 0.3) is 0 Å². The first-order valence-corrected chi connectivity index (χ1v) is 8.68. The fraction of sp³-hybridized carbons (Fsp3) is 0.167. The van der Waals surface area contributed by atoms with Crippen LogP contribution in [0.3, 0.4) is 0 Å². The summed E-state index contributed by atoms with van der Waals surface area (Å²) in [6.07, 6.45) is 1.60. The zero-order valence-corrected chi connectivity index (χ0v) is 14.5. The number of aromatic nitrogens is 2. The quantitative estimate of drug-likeness (QED) is 0.825. The Morgan fingerprint density at radius 3 is 2.65 bits per heavy atom. The summed E-state index contributed by atoms with van der Waals surface area (Å²) in [5, 5.41) is 0. The Bertz CT molecular complexity index is 735. The third-order valence-corrected chi connectivity index (χ3v) is 5.33. The highest BCUT2D eigenvalue weighted by Crippen LogP contribution is 2.25. The van der Waals surface area contributed by atoms with Crippen LogP contribution in [0.5, 0.6) is 0 Å². The van der Waals surface area contributed by atoms with Crippen LogP contribution in [-0.4, -0.2) is 18.4 Å². The lowest BCUT2D eigenvalue weighted by atomic mass is 10.4. The van der Waals surface area contributed by atoms with E-state index in [2.05, 4.69) is 46.5 Å². The highest BCUT2D eigenvalue weighted by Gasteiger charge is 2.17. The summed E-state index contributed by atoms with van der Waals surface area (Å²) in [5.74, 6) is 0.603. The van der Waals surface area contributed by atoms with Crippen molar-refractivity contribution in [2.24, 2.45) is 0 Å². The molecule has 1 aromatic heterocycles. The molecule has 1 aromatic carbocycles. The molecule has 0 aliphatic heterocycles. The van der Waals surface area contributed by atoms with Crippen molar-refractivity contribution in [2.75, 3.05) is 0 Å². The topological polar surface area (TPSA) is 72.0 Å². The molecule has 0 bridgehead atoms. The molecule has 0 saturated carbocycles. The van der Waals surface area contributed by atoms with Crippen LogP contribution in [0.4, 0.5) is 0 Å². The van der Waals surface area contributed by atoms with Crippen LogP contribution in [0.15, 0.2) is 44.3 Å². The zero-order valence-electron chi connectivity index (χ0n) is 10.5. The highest BCUT2D eigenvalue weighted by molar-refractivity contribution is 9.11. The van der Waals surface area contributed by atoms with Crippen molar-refractivity contribution >= 4 is 41.9 Å².